The first kappa shape index (κ1) is 6.81. The van der Waals surface area contributed by atoms with Gasteiger partial charge in [0.05, 0.1) is 0 Å². The molecule has 0 saturated heterocycles. The van der Waals surface area contributed by atoms with Gasteiger partial charge in [-0.25, -0.2) is 0 Å². The Morgan fingerprint density at radius 2 is 2.00 bits per heavy atom. The summed E-state index contributed by atoms with van der Waals surface area (Å²) in [7, 11) is 0. The van der Waals surface area contributed by atoms with Crippen molar-refractivity contribution in [3.8, 4) is 0 Å². The molecule has 0 heterocycles. The average Bonchev–Trinajstić information content (AvgIpc) is 1.80. The summed E-state index contributed by atoms with van der Waals surface area (Å²) in [4.78, 5) is 0. The van der Waals surface area contributed by atoms with Crippen LogP contribution in [0.25, 0.3) is 0 Å². The van der Waals surface area contributed by atoms with E-state index in [4.69, 9.17) is 5.73 Å². The molecule has 0 aromatic rings. The first-order chi connectivity index (χ1) is 4.20. The molecule has 0 aliphatic heterocycles. The lowest BCUT2D eigenvalue weighted by Gasteiger charge is -2.23. The maximum Gasteiger partial charge on any atom is 0.0105 e. The van der Waals surface area contributed by atoms with Gasteiger partial charge >= 0.3 is 0 Å². The van der Waals surface area contributed by atoms with Crippen molar-refractivity contribution in [3.05, 3.63) is 12.2 Å². The fraction of sp³-hybridized carbons (Fsp3) is 0.750. The van der Waals surface area contributed by atoms with Crippen LogP contribution in [-0.2, 0) is 0 Å². The van der Waals surface area contributed by atoms with Gasteiger partial charge < -0.3 is 5.73 Å². The minimum Gasteiger partial charge on any atom is -0.327 e. The van der Waals surface area contributed by atoms with Crippen molar-refractivity contribution in [3.63, 3.8) is 0 Å². The lowest BCUT2D eigenvalue weighted by atomic mass is 9.87. The molecule has 1 aliphatic carbocycles. The number of hydrogen-bond acceptors (Lipinski definition) is 1. The van der Waals surface area contributed by atoms with Crippen molar-refractivity contribution >= 4 is 0 Å². The predicted octanol–water partition coefficient (Wildman–Crippen LogP) is 1.55. The highest BCUT2D eigenvalue weighted by atomic mass is 14.6. The van der Waals surface area contributed by atoms with Crippen LogP contribution in [0.2, 0.25) is 0 Å². The van der Waals surface area contributed by atoms with Crippen molar-refractivity contribution in [2.75, 3.05) is 0 Å². The highest BCUT2D eigenvalue weighted by Crippen LogP contribution is 2.19. The molecule has 0 radical (unpaired) electrons. The SMILES string of the molecule is CC1C=CC(C)[C@H](N)C1. The van der Waals surface area contributed by atoms with Crippen LogP contribution < -0.4 is 5.73 Å². The molecule has 2 unspecified atom stereocenters. The first-order valence-electron chi connectivity index (χ1n) is 3.64. The molecular weight excluding hydrogens is 110 g/mol. The fourth-order valence-corrected chi connectivity index (χ4v) is 1.23. The summed E-state index contributed by atoms with van der Waals surface area (Å²) in [6.45, 7) is 4.38. The number of hydrogen-bond donors (Lipinski definition) is 1. The van der Waals surface area contributed by atoms with E-state index in [2.05, 4.69) is 26.0 Å². The van der Waals surface area contributed by atoms with Gasteiger partial charge in [0.2, 0.25) is 0 Å². The Hall–Kier alpha value is -0.300. The van der Waals surface area contributed by atoms with Crippen molar-refractivity contribution in [1.82, 2.24) is 0 Å². The van der Waals surface area contributed by atoms with Crippen LogP contribution in [0, 0.1) is 11.8 Å². The molecule has 0 fully saturated rings. The van der Waals surface area contributed by atoms with Gasteiger partial charge in [-0.1, -0.05) is 26.0 Å². The maximum atomic E-state index is 5.82. The second-order valence-electron chi connectivity index (χ2n) is 3.12. The predicted molar refractivity (Wildman–Crippen MR) is 40.1 cm³/mol. The molecule has 0 spiro atoms. The third kappa shape index (κ3) is 1.55. The monoisotopic (exact) mass is 125 g/mol. The normalized spacial score (nSPS) is 43.2. The zero-order valence-corrected chi connectivity index (χ0v) is 6.17. The third-order valence-corrected chi connectivity index (χ3v) is 2.06. The largest absolute Gasteiger partial charge is 0.327 e. The summed E-state index contributed by atoms with van der Waals surface area (Å²) in [6.07, 6.45) is 5.63. The Kier molecular flexibility index (Phi) is 1.91. The molecule has 9 heavy (non-hydrogen) atoms. The molecule has 1 aliphatic rings. The molecule has 52 valence electrons. The van der Waals surface area contributed by atoms with E-state index >= 15 is 0 Å². The van der Waals surface area contributed by atoms with E-state index in [1.165, 1.54) is 0 Å². The van der Waals surface area contributed by atoms with E-state index < -0.39 is 0 Å². The molecule has 1 rings (SSSR count). The van der Waals surface area contributed by atoms with E-state index in [9.17, 15) is 0 Å². The van der Waals surface area contributed by atoms with Gasteiger partial charge in [-0.3, -0.25) is 0 Å². The number of rotatable bonds is 0. The molecule has 1 heteroatoms. The van der Waals surface area contributed by atoms with Gasteiger partial charge in [0.25, 0.3) is 0 Å². The van der Waals surface area contributed by atoms with E-state index in [-0.39, 0.29) is 0 Å². The molecule has 0 saturated carbocycles. The Balaban J connectivity index is 2.54. The van der Waals surface area contributed by atoms with Crippen molar-refractivity contribution in [1.29, 1.82) is 0 Å². The molecule has 0 bridgehead atoms. The Morgan fingerprint density at radius 3 is 2.44 bits per heavy atom. The average molecular weight is 125 g/mol. The topological polar surface area (TPSA) is 26.0 Å². The van der Waals surface area contributed by atoms with E-state index in [1.807, 2.05) is 0 Å². The van der Waals surface area contributed by atoms with Crippen LogP contribution in [-0.4, -0.2) is 6.04 Å². The van der Waals surface area contributed by atoms with Crippen molar-refractivity contribution < 1.29 is 0 Å². The van der Waals surface area contributed by atoms with Gasteiger partial charge in [-0.2, -0.15) is 0 Å². The lowest BCUT2D eigenvalue weighted by molar-refractivity contribution is 0.428. The molecule has 3 atom stereocenters. The molecule has 0 aromatic carbocycles. The highest BCUT2D eigenvalue weighted by Gasteiger charge is 2.16. The molecule has 0 amide bonds. The Morgan fingerprint density at radius 1 is 1.33 bits per heavy atom. The van der Waals surface area contributed by atoms with Crippen LogP contribution in [0.3, 0.4) is 0 Å². The molecular formula is C8H15N. The van der Waals surface area contributed by atoms with E-state index in [1.54, 1.807) is 0 Å². The minimum absolute atomic E-state index is 0.394. The highest BCUT2D eigenvalue weighted by molar-refractivity contribution is 5.00. The van der Waals surface area contributed by atoms with Crippen molar-refractivity contribution in [2.45, 2.75) is 26.3 Å². The van der Waals surface area contributed by atoms with Gasteiger partial charge in [0.15, 0.2) is 0 Å². The minimum atomic E-state index is 0.394. The summed E-state index contributed by atoms with van der Waals surface area (Å²) < 4.78 is 0. The maximum absolute atomic E-state index is 5.82. The van der Waals surface area contributed by atoms with Crippen LogP contribution in [0.15, 0.2) is 12.2 Å². The second kappa shape index (κ2) is 2.53. The smallest absolute Gasteiger partial charge is 0.0105 e. The Bertz CT molecular complexity index is 118. The number of allylic oxidation sites excluding steroid dienone is 1. The fourth-order valence-electron chi connectivity index (χ4n) is 1.23. The third-order valence-electron chi connectivity index (χ3n) is 2.06. The second-order valence-corrected chi connectivity index (χ2v) is 3.12. The van der Waals surface area contributed by atoms with Gasteiger partial charge in [-0.15, -0.1) is 0 Å². The summed E-state index contributed by atoms with van der Waals surface area (Å²) in [5.41, 5.74) is 5.82. The quantitative estimate of drug-likeness (QED) is 0.488. The van der Waals surface area contributed by atoms with Crippen LogP contribution in [0.4, 0.5) is 0 Å². The zero-order valence-electron chi connectivity index (χ0n) is 6.17. The van der Waals surface area contributed by atoms with Crippen molar-refractivity contribution in [2.24, 2.45) is 17.6 Å². The molecule has 0 aromatic heterocycles. The Labute approximate surface area is 56.9 Å². The molecule has 1 nitrogen and oxygen atoms in total. The summed E-state index contributed by atoms with van der Waals surface area (Å²) in [5, 5.41) is 0. The zero-order chi connectivity index (χ0) is 6.85. The molecule has 2 N–H and O–H groups in total. The van der Waals surface area contributed by atoms with Crippen LogP contribution in [0.1, 0.15) is 20.3 Å². The summed E-state index contributed by atoms with van der Waals surface area (Å²) in [6, 6.07) is 0.394. The first-order valence-corrected chi connectivity index (χ1v) is 3.64. The van der Waals surface area contributed by atoms with E-state index in [0.29, 0.717) is 17.9 Å². The van der Waals surface area contributed by atoms with E-state index in [0.717, 1.165) is 6.42 Å². The summed E-state index contributed by atoms with van der Waals surface area (Å²) >= 11 is 0. The standard InChI is InChI=1S/C8H15N/c1-6-3-4-7(2)8(9)5-6/h3-4,6-8H,5,9H2,1-2H3/t6?,7?,8-/m1/s1. The summed E-state index contributed by atoms with van der Waals surface area (Å²) in [5.74, 6) is 1.28. The van der Waals surface area contributed by atoms with Gasteiger partial charge in [0, 0.05) is 6.04 Å². The van der Waals surface area contributed by atoms with Crippen LogP contribution >= 0.6 is 0 Å². The van der Waals surface area contributed by atoms with Gasteiger partial charge in [0.1, 0.15) is 0 Å². The van der Waals surface area contributed by atoms with Gasteiger partial charge in [-0.05, 0) is 18.3 Å². The van der Waals surface area contributed by atoms with Crippen LogP contribution in [0.5, 0.6) is 0 Å². The number of nitrogens with two attached hydrogens (primary N) is 1. The lowest BCUT2D eigenvalue weighted by Crippen LogP contribution is -2.31.